The quantitative estimate of drug-likeness (QED) is 0.734. The van der Waals surface area contributed by atoms with Crippen LogP contribution in [-0.4, -0.2) is 24.6 Å². The molecule has 0 aromatic rings. The highest BCUT2D eigenvalue weighted by Crippen LogP contribution is 2.19. The van der Waals surface area contributed by atoms with Gasteiger partial charge in [0.05, 0.1) is 0 Å². The van der Waals surface area contributed by atoms with Crippen LogP contribution in [0.3, 0.4) is 0 Å². The number of hydrogen-bond acceptors (Lipinski definition) is 2. The normalized spacial score (nSPS) is 25.8. The second-order valence-corrected chi connectivity index (χ2v) is 5.34. The van der Waals surface area contributed by atoms with Crippen molar-refractivity contribution in [2.75, 3.05) is 24.6 Å². The summed E-state index contributed by atoms with van der Waals surface area (Å²) in [5.74, 6) is 4.58. The maximum Gasteiger partial charge on any atom is -0.00126 e. The van der Waals surface area contributed by atoms with E-state index in [0.29, 0.717) is 0 Å². The van der Waals surface area contributed by atoms with Gasteiger partial charge in [-0.3, -0.25) is 0 Å². The lowest BCUT2D eigenvalue weighted by atomic mass is 10.0. The van der Waals surface area contributed by atoms with Crippen molar-refractivity contribution in [3.63, 3.8) is 0 Å². The van der Waals surface area contributed by atoms with Gasteiger partial charge in [-0.2, -0.15) is 11.8 Å². The van der Waals surface area contributed by atoms with Crippen molar-refractivity contribution in [3.05, 3.63) is 0 Å². The molecule has 0 amide bonds. The van der Waals surface area contributed by atoms with E-state index in [4.69, 9.17) is 0 Å². The maximum absolute atomic E-state index is 3.47. The largest absolute Gasteiger partial charge is 0.316 e. The Morgan fingerprint density at radius 2 is 2.38 bits per heavy atom. The minimum absolute atomic E-state index is 0.904. The molecule has 2 atom stereocenters. The lowest BCUT2D eigenvalue weighted by molar-refractivity contribution is 0.410. The fourth-order valence-corrected chi connectivity index (χ4v) is 3.01. The van der Waals surface area contributed by atoms with Crippen molar-refractivity contribution in [1.82, 2.24) is 5.32 Å². The van der Waals surface area contributed by atoms with E-state index in [1.54, 1.807) is 0 Å². The van der Waals surface area contributed by atoms with Crippen LogP contribution in [0.1, 0.15) is 33.1 Å². The fraction of sp³-hybridized carbons (Fsp3) is 1.00. The fourth-order valence-electron chi connectivity index (χ4n) is 1.62. The van der Waals surface area contributed by atoms with E-state index in [0.717, 1.165) is 11.8 Å². The zero-order valence-electron chi connectivity index (χ0n) is 9.01. The summed E-state index contributed by atoms with van der Waals surface area (Å²) in [6, 6.07) is 0. The zero-order valence-corrected chi connectivity index (χ0v) is 9.83. The SMILES string of the molecule is CCC(C)CSCC1CCCNC1. The number of thioether (sulfide) groups is 1. The average molecular weight is 201 g/mol. The molecule has 1 aliphatic rings. The molecule has 0 aliphatic carbocycles. The Hall–Kier alpha value is 0.310. The minimum atomic E-state index is 0.904. The van der Waals surface area contributed by atoms with Crippen LogP contribution in [0.15, 0.2) is 0 Å². The van der Waals surface area contributed by atoms with Gasteiger partial charge in [0.1, 0.15) is 0 Å². The van der Waals surface area contributed by atoms with Crippen LogP contribution >= 0.6 is 11.8 Å². The first-order valence-corrected chi connectivity index (χ1v) is 6.76. The standard InChI is InChI=1S/C11H23NS/c1-3-10(2)8-13-9-11-5-4-6-12-7-11/h10-12H,3-9H2,1-2H3. The first kappa shape index (κ1) is 11.4. The Morgan fingerprint density at radius 3 is 3.00 bits per heavy atom. The van der Waals surface area contributed by atoms with E-state index in [-0.39, 0.29) is 0 Å². The Balaban J connectivity index is 1.98. The van der Waals surface area contributed by atoms with Crippen LogP contribution in [-0.2, 0) is 0 Å². The van der Waals surface area contributed by atoms with Crippen molar-refractivity contribution < 1.29 is 0 Å². The summed E-state index contributed by atoms with van der Waals surface area (Å²) >= 11 is 2.15. The van der Waals surface area contributed by atoms with Crippen LogP contribution in [0.5, 0.6) is 0 Å². The predicted octanol–water partition coefficient (Wildman–Crippen LogP) is 2.77. The third kappa shape index (κ3) is 4.92. The maximum atomic E-state index is 3.47. The molecule has 0 bridgehead atoms. The van der Waals surface area contributed by atoms with Gasteiger partial charge in [-0.05, 0) is 49.3 Å². The second kappa shape index (κ2) is 6.72. The molecule has 1 saturated heterocycles. The average Bonchev–Trinajstić information content (AvgIpc) is 2.19. The highest BCUT2D eigenvalue weighted by Gasteiger charge is 2.12. The molecule has 0 aromatic carbocycles. The molecule has 13 heavy (non-hydrogen) atoms. The Bertz CT molecular complexity index is 121. The van der Waals surface area contributed by atoms with Crippen molar-refractivity contribution in [3.8, 4) is 0 Å². The molecule has 0 aromatic heterocycles. The van der Waals surface area contributed by atoms with Crippen molar-refractivity contribution in [2.24, 2.45) is 11.8 Å². The lowest BCUT2D eigenvalue weighted by Crippen LogP contribution is -2.31. The summed E-state index contributed by atoms with van der Waals surface area (Å²) in [6.45, 7) is 7.14. The summed E-state index contributed by atoms with van der Waals surface area (Å²) < 4.78 is 0. The van der Waals surface area contributed by atoms with E-state index in [1.165, 1.54) is 43.9 Å². The molecule has 2 unspecified atom stereocenters. The van der Waals surface area contributed by atoms with E-state index >= 15 is 0 Å². The third-order valence-electron chi connectivity index (χ3n) is 2.85. The number of nitrogens with one attached hydrogen (secondary N) is 1. The highest BCUT2D eigenvalue weighted by atomic mass is 32.2. The molecule has 2 heteroatoms. The molecule has 1 aliphatic heterocycles. The van der Waals surface area contributed by atoms with Gasteiger partial charge in [-0.25, -0.2) is 0 Å². The first-order valence-electron chi connectivity index (χ1n) is 5.61. The van der Waals surface area contributed by atoms with Crippen molar-refractivity contribution >= 4 is 11.8 Å². The van der Waals surface area contributed by atoms with E-state index in [1.807, 2.05) is 0 Å². The topological polar surface area (TPSA) is 12.0 Å². The van der Waals surface area contributed by atoms with E-state index in [2.05, 4.69) is 30.9 Å². The molecule has 1 fully saturated rings. The van der Waals surface area contributed by atoms with Gasteiger partial charge in [0.15, 0.2) is 0 Å². The molecule has 1 N–H and O–H groups in total. The summed E-state index contributed by atoms with van der Waals surface area (Å²) in [5.41, 5.74) is 0. The van der Waals surface area contributed by atoms with Crippen LogP contribution in [0.25, 0.3) is 0 Å². The van der Waals surface area contributed by atoms with Crippen molar-refractivity contribution in [2.45, 2.75) is 33.1 Å². The predicted molar refractivity (Wildman–Crippen MR) is 62.4 cm³/mol. The molecule has 1 heterocycles. The minimum Gasteiger partial charge on any atom is -0.316 e. The van der Waals surface area contributed by atoms with E-state index < -0.39 is 0 Å². The smallest absolute Gasteiger partial charge is 0.00126 e. The summed E-state index contributed by atoms with van der Waals surface area (Å²) in [4.78, 5) is 0. The summed E-state index contributed by atoms with van der Waals surface area (Å²) in [5, 5.41) is 3.47. The Morgan fingerprint density at radius 1 is 1.54 bits per heavy atom. The number of hydrogen-bond donors (Lipinski definition) is 1. The van der Waals surface area contributed by atoms with Crippen LogP contribution in [0.2, 0.25) is 0 Å². The van der Waals surface area contributed by atoms with E-state index in [9.17, 15) is 0 Å². The monoisotopic (exact) mass is 201 g/mol. The van der Waals surface area contributed by atoms with Gasteiger partial charge >= 0.3 is 0 Å². The Labute approximate surface area is 87.1 Å². The summed E-state index contributed by atoms with van der Waals surface area (Å²) in [7, 11) is 0. The third-order valence-corrected chi connectivity index (χ3v) is 4.36. The molecular weight excluding hydrogens is 178 g/mol. The molecule has 1 nitrogen and oxygen atoms in total. The highest BCUT2D eigenvalue weighted by molar-refractivity contribution is 7.99. The van der Waals surface area contributed by atoms with Crippen LogP contribution in [0.4, 0.5) is 0 Å². The van der Waals surface area contributed by atoms with Gasteiger partial charge in [0, 0.05) is 0 Å². The summed E-state index contributed by atoms with van der Waals surface area (Å²) in [6.07, 6.45) is 4.16. The molecule has 0 radical (unpaired) electrons. The lowest BCUT2D eigenvalue weighted by Gasteiger charge is -2.22. The van der Waals surface area contributed by atoms with Crippen molar-refractivity contribution in [1.29, 1.82) is 0 Å². The molecule has 1 rings (SSSR count). The first-order chi connectivity index (χ1) is 6.33. The number of piperidine rings is 1. The molecule has 0 saturated carbocycles. The van der Waals surface area contributed by atoms with Gasteiger partial charge in [-0.15, -0.1) is 0 Å². The Kier molecular flexibility index (Phi) is 5.88. The van der Waals surface area contributed by atoms with Crippen LogP contribution < -0.4 is 5.32 Å². The zero-order chi connectivity index (χ0) is 9.52. The van der Waals surface area contributed by atoms with Crippen LogP contribution in [0, 0.1) is 11.8 Å². The molecule has 78 valence electrons. The van der Waals surface area contributed by atoms with Gasteiger partial charge in [0.25, 0.3) is 0 Å². The van der Waals surface area contributed by atoms with Gasteiger partial charge in [-0.1, -0.05) is 20.3 Å². The number of rotatable bonds is 5. The van der Waals surface area contributed by atoms with Gasteiger partial charge in [0.2, 0.25) is 0 Å². The van der Waals surface area contributed by atoms with Gasteiger partial charge < -0.3 is 5.32 Å². The molecule has 0 spiro atoms. The second-order valence-electron chi connectivity index (χ2n) is 4.26. The molecular formula is C11H23NS.